The van der Waals surface area contributed by atoms with Gasteiger partial charge in [-0.1, -0.05) is 42.1 Å². The van der Waals surface area contributed by atoms with Crippen LogP contribution in [0.2, 0.25) is 0 Å². The molecule has 1 N–H and O–H groups in total. The highest BCUT2D eigenvalue weighted by atomic mass is 32.2. The van der Waals surface area contributed by atoms with Crippen LogP contribution in [0.4, 0.5) is 0 Å². The van der Waals surface area contributed by atoms with Crippen molar-refractivity contribution in [2.24, 2.45) is 0 Å². The quantitative estimate of drug-likeness (QED) is 0.835. The monoisotopic (exact) mass is 242 g/mol. The average Bonchev–Trinajstić information content (AvgIpc) is 2.40. The molecule has 3 nitrogen and oxygen atoms in total. The van der Waals surface area contributed by atoms with Crippen LogP contribution in [0.15, 0.2) is 53.7 Å². The van der Waals surface area contributed by atoms with E-state index in [1.807, 2.05) is 30.3 Å². The van der Waals surface area contributed by atoms with Crippen molar-refractivity contribution in [2.45, 2.75) is 10.4 Å². The minimum atomic E-state index is -0.0549. The number of benzene rings is 1. The van der Waals surface area contributed by atoms with E-state index < -0.39 is 0 Å². The zero-order valence-corrected chi connectivity index (χ0v) is 9.78. The number of hydrogen-bond donors (Lipinski definition) is 1. The summed E-state index contributed by atoms with van der Waals surface area (Å²) in [5.41, 5.74) is 1.74. The maximum atomic E-state index is 11.9. The molecule has 3 rings (SSSR count). The van der Waals surface area contributed by atoms with E-state index in [4.69, 9.17) is 0 Å². The van der Waals surface area contributed by atoms with Gasteiger partial charge in [-0.2, -0.15) is 0 Å². The molecule has 0 bridgehead atoms. The van der Waals surface area contributed by atoms with Gasteiger partial charge in [0.1, 0.15) is 10.4 Å². The Hall–Kier alpha value is -1.81. The molecule has 84 valence electrons. The Labute approximate surface area is 103 Å². The lowest BCUT2D eigenvalue weighted by Gasteiger charge is -2.24. The van der Waals surface area contributed by atoms with Crippen molar-refractivity contribution in [2.75, 3.05) is 0 Å². The SMILES string of the molecule is O=C1NC(c2ccccc2)Sc2ncccc21. The third-order valence-corrected chi connectivity index (χ3v) is 3.78. The molecule has 1 aliphatic heterocycles. The van der Waals surface area contributed by atoms with Gasteiger partial charge in [-0.25, -0.2) is 4.98 Å². The van der Waals surface area contributed by atoms with Crippen LogP contribution in [0, 0.1) is 0 Å². The Balaban J connectivity index is 1.97. The molecule has 0 spiro atoms. The summed E-state index contributed by atoms with van der Waals surface area (Å²) in [6.07, 6.45) is 1.71. The molecular weight excluding hydrogens is 232 g/mol. The number of aromatic nitrogens is 1. The molecule has 1 aliphatic rings. The number of hydrogen-bond acceptors (Lipinski definition) is 3. The molecule has 0 saturated heterocycles. The van der Waals surface area contributed by atoms with E-state index in [1.54, 1.807) is 30.1 Å². The zero-order valence-electron chi connectivity index (χ0n) is 8.96. The Bertz CT molecular complexity index is 556. The third kappa shape index (κ3) is 1.91. The molecule has 0 fully saturated rings. The first-order chi connectivity index (χ1) is 8.34. The van der Waals surface area contributed by atoms with Gasteiger partial charge in [-0.3, -0.25) is 4.79 Å². The molecule has 1 atom stereocenters. The molecule has 1 aromatic heterocycles. The lowest BCUT2D eigenvalue weighted by Crippen LogP contribution is -2.31. The second-order valence-electron chi connectivity index (χ2n) is 3.74. The maximum absolute atomic E-state index is 11.9. The standard InChI is InChI=1S/C13H10N2OS/c16-11-10-7-4-8-14-13(10)17-12(15-11)9-5-2-1-3-6-9/h1-8,12H,(H,15,16). The second kappa shape index (κ2) is 4.22. The van der Waals surface area contributed by atoms with Gasteiger partial charge in [0, 0.05) is 6.20 Å². The molecular formula is C13H10N2OS. The van der Waals surface area contributed by atoms with Crippen molar-refractivity contribution >= 4 is 17.7 Å². The summed E-state index contributed by atoms with van der Waals surface area (Å²) in [4.78, 5) is 16.2. The molecule has 2 aromatic rings. The normalized spacial score (nSPS) is 18.4. The third-order valence-electron chi connectivity index (χ3n) is 2.61. The predicted molar refractivity (Wildman–Crippen MR) is 66.7 cm³/mol. The first kappa shape index (κ1) is 10.4. The van der Waals surface area contributed by atoms with E-state index in [2.05, 4.69) is 10.3 Å². The van der Waals surface area contributed by atoms with Gasteiger partial charge in [0.2, 0.25) is 0 Å². The van der Waals surface area contributed by atoms with Gasteiger partial charge in [-0.15, -0.1) is 0 Å². The summed E-state index contributed by atoms with van der Waals surface area (Å²) in [7, 11) is 0. The fraction of sp³-hybridized carbons (Fsp3) is 0.0769. The van der Waals surface area contributed by atoms with Crippen molar-refractivity contribution in [1.82, 2.24) is 10.3 Å². The average molecular weight is 242 g/mol. The van der Waals surface area contributed by atoms with Gasteiger partial charge < -0.3 is 5.32 Å². The van der Waals surface area contributed by atoms with Gasteiger partial charge >= 0.3 is 0 Å². The smallest absolute Gasteiger partial charge is 0.255 e. The lowest BCUT2D eigenvalue weighted by atomic mass is 10.2. The van der Waals surface area contributed by atoms with Crippen LogP contribution in [0.25, 0.3) is 0 Å². The molecule has 0 saturated carbocycles. The first-order valence-corrected chi connectivity index (χ1v) is 6.20. The van der Waals surface area contributed by atoms with Crippen LogP contribution in [-0.4, -0.2) is 10.9 Å². The minimum Gasteiger partial charge on any atom is -0.336 e. The molecule has 1 aromatic carbocycles. The van der Waals surface area contributed by atoms with Crippen molar-refractivity contribution in [3.05, 3.63) is 59.8 Å². The maximum Gasteiger partial charge on any atom is 0.255 e. The summed E-state index contributed by atoms with van der Waals surface area (Å²) < 4.78 is 0. The Morgan fingerprint density at radius 1 is 1.12 bits per heavy atom. The van der Waals surface area contributed by atoms with Crippen LogP contribution < -0.4 is 5.32 Å². The van der Waals surface area contributed by atoms with Crippen LogP contribution in [0.1, 0.15) is 21.3 Å². The fourth-order valence-corrected chi connectivity index (χ4v) is 2.87. The first-order valence-electron chi connectivity index (χ1n) is 5.32. The molecule has 17 heavy (non-hydrogen) atoms. The summed E-state index contributed by atoms with van der Waals surface area (Å²) >= 11 is 1.57. The van der Waals surface area contributed by atoms with Crippen LogP contribution in [-0.2, 0) is 0 Å². The van der Waals surface area contributed by atoms with Crippen LogP contribution in [0.3, 0.4) is 0 Å². The summed E-state index contributed by atoms with van der Waals surface area (Å²) in [6.45, 7) is 0. The molecule has 4 heteroatoms. The number of carbonyl (C=O) groups excluding carboxylic acids is 1. The van der Waals surface area contributed by atoms with Gasteiger partial charge in [0.05, 0.1) is 5.56 Å². The zero-order chi connectivity index (χ0) is 11.7. The Morgan fingerprint density at radius 3 is 2.76 bits per heavy atom. The number of thioether (sulfide) groups is 1. The van der Waals surface area contributed by atoms with Gasteiger partial charge in [0.25, 0.3) is 5.91 Å². The van der Waals surface area contributed by atoms with Gasteiger partial charge in [0.15, 0.2) is 0 Å². The number of carbonyl (C=O) groups is 1. The van der Waals surface area contributed by atoms with Gasteiger partial charge in [-0.05, 0) is 17.7 Å². The van der Waals surface area contributed by atoms with Crippen LogP contribution >= 0.6 is 11.8 Å². The number of fused-ring (bicyclic) bond motifs is 1. The van der Waals surface area contributed by atoms with Crippen molar-refractivity contribution < 1.29 is 4.79 Å². The highest BCUT2D eigenvalue weighted by Gasteiger charge is 2.26. The molecule has 0 aliphatic carbocycles. The highest BCUT2D eigenvalue weighted by Crippen LogP contribution is 2.37. The molecule has 0 radical (unpaired) electrons. The lowest BCUT2D eigenvalue weighted by molar-refractivity contribution is 0.0942. The number of rotatable bonds is 1. The number of pyridine rings is 1. The molecule has 1 unspecified atom stereocenters. The van der Waals surface area contributed by atoms with Crippen molar-refractivity contribution in [3.8, 4) is 0 Å². The van der Waals surface area contributed by atoms with Crippen LogP contribution in [0.5, 0.6) is 0 Å². The van der Waals surface area contributed by atoms with Crippen molar-refractivity contribution in [1.29, 1.82) is 0 Å². The highest BCUT2D eigenvalue weighted by molar-refractivity contribution is 7.99. The number of nitrogens with zero attached hydrogens (tertiary/aromatic N) is 1. The summed E-state index contributed by atoms with van der Waals surface area (Å²) in [6, 6.07) is 13.5. The summed E-state index contributed by atoms with van der Waals surface area (Å²) in [5, 5.41) is 3.72. The minimum absolute atomic E-state index is 0.0499. The van der Waals surface area contributed by atoms with E-state index in [9.17, 15) is 4.79 Å². The van der Waals surface area contributed by atoms with E-state index >= 15 is 0 Å². The van der Waals surface area contributed by atoms with E-state index in [0.29, 0.717) is 5.56 Å². The fourth-order valence-electron chi connectivity index (χ4n) is 1.77. The summed E-state index contributed by atoms with van der Waals surface area (Å²) in [5.74, 6) is -0.0549. The largest absolute Gasteiger partial charge is 0.336 e. The molecule has 1 amide bonds. The van der Waals surface area contributed by atoms with E-state index in [1.165, 1.54) is 0 Å². The topological polar surface area (TPSA) is 42.0 Å². The van der Waals surface area contributed by atoms with E-state index in [0.717, 1.165) is 10.6 Å². The second-order valence-corrected chi connectivity index (χ2v) is 4.83. The number of amides is 1. The van der Waals surface area contributed by atoms with E-state index in [-0.39, 0.29) is 11.3 Å². The number of nitrogens with one attached hydrogen (secondary N) is 1. The Kier molecular flexibility index (Phi) is 2.57. The Morgan fingerprint density at radius 2 is 1.94 bits per heavy atom. The predicted octanol–water partition coefficient (Wildman–Crippen LogP) is 2.62. The molecule has 2 heterocycles. The van der Waals surface area contributed by atoms with Crippen molar-refractivity contribution in [3.63, 3.8) is 0 Å².